The predicted octanol–water partition coefficient (Wildman–Crippen LogP) is 3.45. The van der Waals surface area contributed by atoms with Crippen LogP contribution in [0.1, 0.15) is 26.5 Å². The molecule has 0 aliphatic carbocycles. The van der Waals surface area contributed by atoms with Crippen LogP contribution in [0.5, 0.6) is 0 Å². The maximum absolute atomic E-state index is 12.6. The molecule has 1 amide bonds. The second-order valence-electron chi connectivity index (χ2n) is 6.07. The van der Waals surface area contributed by atoms with E-state index in [9.17, 15) is 18.0 Å². The van der Waals surface area contributed by atoms with Crippen LogP contribution < -0.4 is 10.0 Å². The molecule has 8 nitrogen and oxygen atoms in total. The molecule has 2 aromatic carbocycles. The molecule has 10 heteroatoms. The second kappa shape index (κ2) is 9.12. The number of esters is 1. The topological polar surface area (TPSA) is 115 Å². The fourth-order valence-electron chi connectivity index (χ4n) is 2.52. The molecule has 0 fully saturated rings. The van der Waals surface area contributed by atoms with Crippen LogP contribution >= 0.6 is 11.6 Å². The van der Waals surface area contributed by atoms with Gasteiger partial charge < -0.3 is 14.5 Å². The van der Waals surface area contributed by atoms with Gasteiger partial charge in [-0.15, -0.1) is 0 Å². The van der Waals surface area contributed by atoms with Gasteiger partial charge in [0.2, 0.25) is 10.0 Å². The third-order valence-electron chi connectivity index (χ3n) is 4.06. The van der Waals surface area contributed by atoms with Crippen LogP contribution in [0.2, 0.25) is 5.02 Å². The molecule has 1 aromatic heterocycles. The summed E-state index contributed by atoms with van der Waals surface area (Å²) in [4.78, 5) is 23.8. The van der Waals surface area contributed by atoms with Gasteiger partial charge in [-0.3, -0.25) is 4.79 Å². The number of methoxy groups -OCH3 is 1. The Morgan fingerprint density at radius 1 is 1.07 bits per heavy atom. The second-order valence-corrected chi connectivity index (χ2v) is 8.21. The monoisotopic (exact) mass is 448 g/mol. The van der Waals surface area contributed by atoms with Crippen LogP contribution in [0, 0.1) is 0 Å². The van der Waals surface area contributed by atoms with Crippen molar-refractivity contribution in [3.63, 3.8) is 0 Å². The number of amides is 1. The van der Waals surface area contributed by atoms with Gasteiger partial charge in [0.05, 0.1) is 30.5 Å². The Hall–Kier alpha value is -3.14. The highest BCUT2D eigenvalue weighted by atomic mass is 35.5. The van der Waals surface area contributed by atoms with Crippen LogP contribution in [0.4, 0.5) is 5.69 Å². The largest absolute Gasteiger partial charge is 0.468 e. The van der Waals surface area contributed by atoms with Gasteiger partial charge in [0.1, 0.15) is 10.7 Å². The molecule has 0 aliphatic heterocycles. The van der Waals surface area contributed by atoms with E-state index in [2.05, 4.69) is 14.8 Å². The highest BCUT2D eigenvalue weighted by Gasteiger charge is 2.20. The van der Waals surface area contributed by atoms with E-state index in [4.69, 9.17) is 16.0 Å². The van der Waals surface area contributed by atoms with Crippen LogP contribution in [-0.4, -0.2) is 27.4 Å². The van der Waals surface area contributed by atoms with E-state index in [1.807, 2.05) is 0 Å². The predicted molar refractivity (Wildman–Crippen MR) is 110 cm³/mol. The van der Waals surface area contributed by atoms with Crippen molar-refractivity contribution >= 4 is 39.2 Å². The van der Waals surface area contributed by atoms with E-state index >= 15 is 0 Å². The van der Waals surface area contributed by atoms with Crippen molar-refractivity contribution in [3.05, 3.63) is 82.8 Å². The summed E-state index contributed by atoms with van der Waals surface area (Å²) < 4.78 is 37.3. The molecule has 0 bridgehead atoms. The molecule has 30 heavy (non-hydrogen) atoms. The minimum atomic E-state index is -3.99. The molecule has 0 saturated carbocycles. The van der Waals surface area contributed by atoms with Crippen molar-refractivity contribution < 1.29 is 27.2 Å². The molecule has 156 valence electrons. The maximum Gasteiger partial charge on any atom is 0.337 e. The molecule has 0 radical (unpaired) electrons. The van der Waals surface area contributed by atoms with Crippen molar-refractivity contribution in [1.29, 1.82) is 0 Å². The first kappa shape index (κ1) is 21.6. The Balaban J connectivity index is 1.76. The standard InChI is InChI=1S/C20H17ClN2O6S/c1-28-20(25)13-4-7-15(8-5-13)23-19(24)14-6-9-17(21)18(11-14)30(26,27)22-12-16-3-2-10-29-16/h2-11,22H,12H2,1H3,(H,23,24). The van der Waals surface area contributed by atoms with E-state index < -0.39 is 21.9 Å². The zero-order chi connectivity index (χ0) is 21.7. The fraction of sp³-hybridized carbons (Fsp3) is 0.100. The van der Waals surface area contributed by atoms with Gasteiger partial charge >= 0.3 is 5.97 Å². The minimum absolute atomic E-state index is 0.0269. The van der Waals surface area contributed by atoms with Crippen molar-refractivity contribution in [2.24, 2.45) is 0 Å². The molecule has 0 spiro atoms. The first-order valence-corrected chi connectivity index (χ1v) is 10.5. The molecule has 1 heterocycles. The van der Waals surface area contributed by atoms with Crippen molar-refractivity contribution in [3.8, 4) is 0 Å². The van der Waals surface area contributed by atoms with Crippen LogP contribution in [0.15, 0.2) is 70.2 Å². The molecule has 0 atom stereocenters. The summed E-state index contributed by atoms with van der Waals surface area (Å²) in [5.41, 5.74) is 0.843. The Bertz CT molecular complexity index is 1160. The third kappa shape index (κ3) is 5.07. The Morgan fingerprint density at radius 2 is 1.77 bits per heavy atom. The van der Waals surface area contributed by atoms with Crippen molar-refractivity contribution in [2.75, 3.05) is 12.4 Å². The van der Waals surface area contributed by atoms with Gasteiger partial charge in [-0.05, 0) is 54.6 Å². The summed E-state index contributed by atoms with van der Waals surface area (Å²) in [6.07, 6.45) is 1.43. The Labute approximate surface area is 177 Å². The number of rotatable bonds is 7. The first-order valence-electron chi connectivity index (χ1n) is 8.61. The number of hydrogen-bond acceptors (Lipinski definition) is 6. The number of anilines is 1. The normalized spacial score (nSPS) is 11.1. The third-order valence-corrected chi connectivity index (χ3v) is 5.95. The quantitative estimate of drug-likeness (QED) is 0.535. The summed E-state index contributed by atoms with van der Waals surface area (Å²) >= 11 is 6.05. The summed E-state index contributed by atoms with van der Waals surface area (Å²) in [5.74, 6) is -0.610. The van der Waals surface area contributed by atoms with Crippen molar-refractivity contribution in [2.45, 2.75) is 11.4 Å². The molecule has 2 N–H and O–H groups in total. The van der Waals surface area contributed by atoms with Gasteiger partial charge in [-0.2, -0.15) is 0 Å². The number of nitrogens with one attached hydrogen (secondary N) is 2. The molecular weight excluding hydrogens is 432 g/mol. The maximum atomic E-state index is 12.6. The van der Waals surface area contributed by atoms with Crippen LogP contribution in [0.25, 0.3) is 0 Å². The highest BCUT2D eigenvalue weighted by molar-refractivity contribution is 7.89. The van der Waals surface area contributed by atoms with Crippen molar-refractivity contribution in [1.82, 2.24) is 4.72 Å². The average molecular weight is 449 g/mol. The van der Waals surface area contributed by atoms with Crippen LogP contribution in [-0.2, 0) is 21.3 Å². The van der Waals surface area contributed by atoms with E-state index in [0.29, 0.717) is 17.0 Å². The van der Waals surface area contributed by atoms with Gasteiger partial charge in [0.15, 0.2) is 0 Å². The lowest BCUT2D eigenvalue weighted by Crippen LogP contribution is -2.24. The number of carbonyl (C=O) groups is 2. The number of halogens is 1. The molecule has 0 aliphatic rings. The van der Waals surface area contributed by atoms with Crippen LogP contribution in [0.3, 0.4) is 0 Å². The minimum Gasteiger partial charge on any atom is -0.468 e. The SMILES string of the molecule is COC(=O)c1ccc(NC(=O)c2ccc(Cl)c(S(=O)(=O)NCc3ccco3)c2)cc1. The van der Waals surface area contributed by atoms with Gasteiger partial charge in [0.25, 0.3) is 5.91 Å². The lowest BCUT2D eigenvalue weighted by Gasteiger charge is -2.10. The Kier molecular flexibility index (Phi) is 6.56. The Morgan fingerprint density at radius 3 is 2.40 bits per heavy atom. The summed E-state index contributed by atoms with van der Waals surface area (Å²) in [5, 5.41) is 2.60. The molecule has 0 saturated heterocycles. The van der Waals surface area contributed by atoms with E-state index in [1.54, 1.807) is 12.1 Å². The lowest BCUT2D eigenvalue weighted by atomic mass is 10.2. The number of furan rings is 1. The van der Waals surface area contributed by atoms with E-state index in [0.717, 1.165) is 0 Å². The molecular formula is C20H17ClN2O6S. The lowest BCUT2D eigenvalue weighted by molar-refractivity contribution is 0.0600. The number of carbonyl (C=O) groups excluding carboxylic acids is 2. The van der Waals surface area contributed by atoms with E-state index in [1.165, 1.54) is 55.8 Å². The van der Waals surface area contributed by atoms with E-state index in [-0.39, 0.29) is 22.0 Å². The summed E-state index contributed by atoms with van der Waals surface area (Å²) in [6, 6.07) is 13.2. The van der Waals surface area contributed by atoms with Gasteiger partial charge in [-0.25, -0.2) is 17.9 Å². The summed E-state index contributed by atoms with van der Waals surface area (Å²) in [7, 11) is -2.72. The number of sulfonamides is 1. The highest BCUT2D eigenvalue weighted by Crippen LogP contribution is 2.23. The molecule has 3 rings (SSSR count). The zero-order valence-electron chi connectivity index (χ0n) is 15.7. The summed E-state index contributed by atoms with van der Waals surface area (Å²) in [6.45, 7) is -0.0609. The zero-order valence-corrected chi connectivity index (χ0v) is 17.3. The fourth-order valence-corrected chi connectivity index (χ4v) is 4.04. The number of ether oxygens (including phenoxy) is 1. The first-order chi connectivity index (χ1) is 14.3. The average Bonchev–Trinajstić information content (AvgIpc) is 3.26. The smallest absolute Gasteiger partial charge is 0.337 e. The molecule has 0 unspecified atom stereocenters. The number of benzene rings is 2. The molecule has 3 aromatic rings. The number of hydrogen-bond donors (Lipinski definition) is 2. The van der Waals surface area contributed by atoms with Gasteiger partial charge in [0, 0.05) is 11.3 Å². The van der Waals surface area contributed by atoms with Gasteiger partial charge in [-0.1, -0.05) is 11.6 Å².